The van der Waals surface area contributed by atoms with Gasteiger partial charge >= 0.3 is 12.4 Å². The van der Waals surface area contributed by atoms with E-state index in [1.807, 2.05) is 37.3 Å². The zero-order chi connectivity index (χ0) is 32.3. The van der Waals surface area contributed by atoms with E-state index in [2.05, 4.69) is 10.2 Å². The summed E-state index contributed by atoms with van der Waals surface area (Å²) >= 11 is 0. The molecule has 44 heavy (non-hydrogen) atoms. The monoisotopic (exact) mass is 630 g/mol. The van der Waals surface area contributed by atoms with Gasteiger partial charge in [-0.05, 0) is 48.6 Å². The van der Waals surface area contributed by atoms with Gasteiger partial charge < -0.3 is 19.6 Å². The molecule has 1 N–H and O–H groups in total. The van der Waals surface area contributed by atoms with Crippen LogP contribution in [0.15, 0.2) is 48.5 Å². The molecule has 6 nitrogen and oxygen atoms in total. The van der Waals surface area contributed by atoms with Gasteiger partial charge in [0.05, 0.1) is 36.3 Å². The van der Waals surface area contributed by atoms with Crippen LogP contribution in [0.3, 0.4) is 0 Å². The highest BCUT2D eigenvalue weighted by Gasteiger charge is 2.42. The summed E-state index contributed by atoms with van der Waals surface area (Å²) in [5.74, 6) is -0.530. The maximum absolute atomic E-state index is 13.5. The van der Waals surface area contributed by atoms with Gasteiger partial charge in [0.15, 0.2) is 6.29 Å². The third-order valence-corrected chi connectivity index (χ3v) is 7.86. The van der Waals surface area contributed by atoms with E-state index in [1.54, 1.807) is 7.05 Å². The molecule has 1 aliphatic heterocycles. The molecule has 1 fully saturated rings. The number of morpholine rings is 1. The molecule has 0 aromatic heterocycles. The number of rotatable bonds is 15. The normalized spacial score (nSPS) is 19.4. The van der Waals surface area contributed by atoms with Crippen LogP contribution in [-0.2, 0) is 38.0 Å². The quantitative estimate of drug-likeness (QED) is 0.127. The van der Waals surface area contributed by atoms with Crippen LogP contribution in [0.5, 0.6) is 0 Å². The third-order valence-electron chi connectivity index (χ3n) is 7.86. The molecular weight excluding hydrogens is 590 g/mol. The van der Waals surface area contributed by atoms with Crippen molar-refractivity contribution in [3.8, 4) is 0 Å². The van der Waals surface area contributed by atoms with Gasteiger partial charge in [-0.1, -0.05) is 56.5 Å². The second-order valence-electron chi connectivity index (χ2n) is 10.9. The summed E-state index contributed by atoms with van der Waals surface area (Å²) in [6, 6.07) is 9.62. The molecule has 0 radical (unpaired) electrons. The molecule has 0 saturated carbocycles. The van der Waals surface area contributed by atoms with Gasteiger partial charge in [-0.3, -0.25) is 9.69 Å². The molecule has 4 unspecified atom stereocenters. The Balaban J connectivity index is 2.00. The van der Waals surface area contributed by atoms with Crippen LogP contribution in [0, 0.1) is 5.92 Å². The van der Waals surface area contributed by atoms with Crippen LogP contribution >= 0.6 is 0 Å². The molecule has 4 atom stereocenters. The number of hydrogen-bond acceptors (Lipinski definition) is 5. The van der Waals surface area contributed by atoms with Crippen LogP contribution in [0.4, 0.5) is 26.3 Å². The fourth-order valence-electron chi connectivity index (χ4n) is 5.74. The minimum absolute atomic E-state index is 0.0829. The van der Waals surface area contributed by atoms with Gasteiger partial charge in [-0.2, -0.15) is 26.3 Å². The number of alkyl halides is 6. The molecule has 2 aromatic rings. The predicted octanol–water partition coefficient (Wildman–Crippen LogP) is 7.32. The molecule has 12 heteroatoms. The van der Waals surface area contributed by atoms with Crippen molar-refractivity contribution in [2.75, 3.05) is 20.2 Å². The Labute approximate surface area is 254 Å². The van der Waals surface area contributed by atoms with Gasteiger partial charge in [0, 0.05) is 26.1 Å². The highest BCUT2D eigenvalue weighted by molar-refractivity contribution is 5.79. The van der Waals surface area contributed by atoms with Crippen molar-refractivity contribution in [1.29, 1.82) is 0 Å². The van der Waals surface area contributed by atoms with Crippen LogP contribution < -0.4 is 5.32 Å². The molecule has 3 rings (SSSR count). The number of amides is 1. The Morgan fingerprint density at radius 3 is 2.25 bits per heavy atom. The summed E-state index contributed by atoms with van der Waals surface area (Å²) in [4.78, 5) is 26.3. The number of benzene rings is 2. The molecule has 2 aromatic carbocycles. The van der Waals surface area contributed by atoms with Crippen molar-refractivity contribution in [2.24, 2.45) is 5.92 Å². The van der Waals surface area contributed by atoms with E-state index in [0.717, 1.165) is 24.7 Å². The average molecular weight is 631 g/mol. The molecule has 0 bridgehead atoms. The molecule has 1 amide bonds. The van der Waals surface area contributed by atoms with Crippen molar-refractivity contribution in [1.82, 2.24) is 10.2 Å². The van der Waals surface area contributed by atoms with Crippen molar-refractivity contribution < 1.29 is 45.4 Å². The maximum atomic E-state index is 13.5. The number of carbonyl (C=O) groups is 2. The second-order valence-corrected chi connectivity index (χ2v) is 10.9. The van der Waals surface area contributed by atoms with Crippen molar-refractivity contribution in [2.45, 2.75) is 89.2 Å². The molecule has 0 spiro atoms. The lowest BCUT2D eigenvalue weighted by Gasteiger charge is -2.47. The number of ether oxygens (including phenoxy) is 2. The first-order chi connectivity index (χ1) is 20.9. The molecule has 0 aliphatic carbocycles. The van der Waals surface area contributed by atoms with Crippen LogP contribution in [0.1, 0.15) is 80.2 Å². The van der Waals surface area contributed by atoms with Crippen molar-refractivity contribution >= 4 is 12.2 Å². The van der Waals surface area contributed by atoms with Crippen LogP contribution in [0.2, 0.25) is 0 Å². The maximum Gasteiger partial charge on any atom is 0.416 e. The molecule has 1 saturated heterocycles. The number of nitrogens with zero attached hydrogens (tertiary/aromatic N) is 1. The Bertz CT molecular complexity index is 1160. The Morgan fingerprint density at radius 2 is 1.68 bits per heavy atom. The van der Waals surface area contributed by atoms with Gasteiger partial charge in [-0.25, -0.2) is 0 Å². The molecule has 1 aliphatic rings. The standard InChI is InChI=1S/C32H40F6N2O4/c1-3-4-13-26(29(42)39-2)27(14-9-6-10-16-41)40-15-17-43-30(28(40)23-11-7-5-8-12-23)44-21-22-18-24(31(33,34)35)20-25(19-22)32(36,37)38/h5,7-8,11-12,16,18-20,26-28,30H,3-4,6,9-10,13-15,17,21H2,1-2H3,(H,39,42). The van der Waals surface area contributed by atoms with Crippen molar-refractivity contribution in [3.63, 3.8) is 0 Å². The topological polar surface area (TPSA) is 67.9 Å². The summed E-state index contributed by atoms with van der Waals surface area (Å²) < 4.78 is 92.8. The van der Waals surface area contributed by atoms with E-state index in [-0.39, 0.29) is 30.2 Å². The zero-order valence-corrected chi connectivity index (χ0v) is 24.9. The number of aldehydes is 1. The number of hydrogen-bond donors (Lipinski definition) is 1. The summed E-state index contributed by atoms with van der Waals surface area (Å²) in [6.45, 7) is 2.06. The van der Waals surface area contributed by atoms with Crippen LogP contribution in [0.25, 0.3) is 0 Å². The van der Waals surface area contributed by atoms with Gasteiger partial charge in [-0.15, -0.1) is 0 Å². The zero-order valence-electron chi connectivity index (χ0n) is 24.9. The lowest BCUT2D eigenvalue weighted by molar-refractivity contribution is -0.226. The molecule has 1 heterocycles. The molecular formula is C32H40F6N2O4. The largest absolute Gasteiger partial charge is 0.416 e. The highest BCUT2D eigenvalue weighted by atomic mass is 19.4. The fraction of sp³-hybridized carbons (Fsp3) is 0.562. The predicted molar refractivity (Wildman–Crippen MR) is 152 cm³/mol. The second kappa shape index (κ2) is 16.4. The van der Waals surface area contributed by atoms with E-state index in [4.69, 9.17) is 9.47 Å². The fourth-order valence-corrected chi connectivity index (χ4v) is 5.74. The van der Waals surface area contributed by atoms with Crippen molar-refractivity contribution in [3.05, 3.63) is 70.8 Å². The number of unbranched alkanes of at least 4 members (excludes halogenated alkanes) is 3. The Morgan fingerprint density at radius 1 is 1.02 bits per heavy atom. The first kappa shape index (κ1) is 35.5. The number of nitrogens with one attached hydrogen (secondary N) is 1. The Hall–Kier alpha value is -2.96. The van der Waals surface area contributed by atoms with E-state index >= 15 is 0 Å². The third kappa shape index (κ3) is 9.77. The molecule has 244 valence electrons. The summed E-state index contributed by atoms with van der Waals surface area (Å²) in [6.07, 6.45) is -5.56. The minimum Gasteiger partial charge on any atom is -0.359 e. The van der Waals surface area contributed by atoms with Crippen LogP contribution in [-0.4, -0.2) is 49.6 Å². The summed E-state index contributed by atoms with van der Waals surface area (Å²) in [7, 11) is 1.58. The Kier molecular flexibility index (Phi) is 13.2. The van der Waals surface area contributed by atoms with Gasteiger partial charge in [0.1, 0.15) is 6.29 Å². The first-order valence-electron chi connectivity index (χ1n) is 14.9. The first-order valence-corrected chi connectivity index (χ1v) is 14.9. The highest BCUT2D eigenvalue weighted by Crippen LogP contribution is 2.39. The number of carbonyl (C=O) groups excluding carboxylic acids is 2. The number of halogens is 6. The van der Waals surface area contributed by atoms with E-state index in [0.29, 0.717) is 50.8 Å². The van der Waals surface area contributed by atoms with Gasteiger partial charge in [0.25, 0.3) is 0 Å². The van der Waals surface area contributed by atoms with E-state index < -0.39 is 48.3 Å². The summed E-state index contributed by atoms with van der Waals surface area (Å²) in [5.41, 5.74) is -2.37. The minimum atomic E-state index is -4.98. The smallest absolute Gasteiger partial charge is 0.359 e. The van der Waals surface area contributed by atoms with E-state index in [9.17, 15) is 35.9 Å². The van der Waals surface area contributed by atoms with E-state index in [1.165, 1.54) is 0 Å². The summed E-state index contributed by atoms with van der Waals surface area (Å²) in [5, 5.41) is 2.77. The lowest BCUT2D eigenvalue weighted by Crippen LogP contribution is -2.55. The SMILES string of the molecule is CCCCC(C(=O)NC)C(CCCCC=O)N1CCOC(OCc2cc(C(F)(F)F)cc(C(F)(F)F)c2)C1c1ccccc1. The average Bonchev–Trinajstić information content (AvgIpc) is 3.00. The lowest BCUT2D eigenvalue weighted by atomic mass is 9.86. The van der Waals surface area contributed by atoms with Gasteiger partial charge in [0.2, 0.25) is 5.91 Å².